The molecule has 0 spiro atoms. The average Bonchev–Trinajstić information content (AvgIpc) is 3.06. The van der Waals surface area contributed by atoms with Crippen LogP contribution in [0, 0.1) is 0 Å². The van der Waals surface area contributed by atoms with E-state index in [1.54, 1.807) is 4.57 Å². The Bertz CT molecular complexity index is 995. The van der Waals surface area contributed by atoms with E-state index in [4.69, 9.17) is 16.2 Å². The maximum absolute atomic E-state index is 12.1. The Morgan fingerprint density at radius 2 is 1.73 bits per heavy atom. The standard InChI is InChI=1S/C23H31N3O3S/c24-13-14-26-21-20(30-23(26)28)11-8-18(22(21)27)5-3-1-2-4-15-29-16-12-17-6-9-19(25)10-7-17/h6-11,27H,1-5,12-16,24-25H2. The van der Waals surface area contributed by atoms with Gasteiger partial charge in [-0.05, 0) is 55.0 Å². The minimum atomic E-state index is -0.0701. The lowest BCUT2D eigenvalue weighted by molar-refractivity contribution is 0.133. The van der Waals surface area contributed by atoms with E-state index >= 15 is 0 Å². The molecule has 3 aromatic rings. The van der Waals surface area contributed by atoms with Crippen LogP contribution < -0.4 is 16.3 Å². The molecule has 0 atom stereocenters. The molecule has 0 unspecified atom stereocenters. The molecule has 7 heteroatoms. The molecular weight excluding hydrogens is 398 g/mol. The Balaban J connectivity index is 1.36. The van der Waals surface area contributed by atoms with Gasteiger partial charge in [0.05, 0.1) is 11.3 Å². The minimum absolute atomic E-state index is 0.0701. The molecule has 0 bridgehead atoms. The molecule has 162 valence electrons. The van der Waals surface area contributed by atoms with Crippen LogP contribution in [0.2, 0.25) is 0 Å². The second kappa shape index (κ2) is 11.2. The van der Waals surface area contributed by atoms with E-state index in [1.807, 2.05) is 36.4 Å². The van der Waals surface area contributed by atoms with Gasteiger partial charge in [-0.3, -0.25) is 9.36 Å². The van der Waals surface area contributed by atoms with Crippen LogP contribution >= 0.6 is 11.3 Å². The molecule has 5 N–H and O–H groups in total. The van der Waals surface area contributed by atoms with Gasteiger partial charge in [0, 0.05) is 25.4 Å². The van der Waals surface area contributed by atoms with Crippen LogP contribution in [0.15, 0.2) is 41.2 Å². The van der Waals surface area contributed by atoms with Gasteiger partial charge in [-0.25, -0.2) is 0 Å². The number of aromatic hydroxyl groups is 1. The van der Waals surface area contributed by atoms with Gasteiger partial charge in [-0.15, -0.1) is 0 Å². The van der Waals surface area contributed by atoms with E-state index in [0.29, 0.717) is 18.6 Å². The van der Waals surface area contributed by atoms with Crippen LogP contribution in [-0.4, -0.2) is 29.4 Å². The van der Waals surface area contributed by atoms with Gasteiger partial charge in [0.25, 0.3) is 0 Å². The molecule has 2 aromatic carbocycles. The molecule has 0 fully saturated rings. The first kappa shape index (κ1) is 22.3. The van der Waals surface area contributed by atoms with E-state index in [9.17, 15) is 9.90 Å². The Kier molecular flexibility index (Phi) is 8.30. The molecule has 0 radical (unpaired) electrons. The zero-order valence-corrected chi connectivity index (χ0v) is 18.1. The largest absolute Gasteiger partial charge is 0.505 e. The number of hydrogen-bond acceptors (Lipinski definition) is 6. The summed E-state index contributed by atoms with van der Waals surface area (Å²) in [6.07, 6.45) is 5.91. The van der Waals surface area contributed by atoms with Gasteiger partial charge < -0.3 is 21.3 Å². The summed E-state index contributed by atoms with van der Waals surface area (Å²) in [4.78, 5) is 12.0. The molecule has 3 rings (SSSR count). The quantitative estimate of drug-likeness (QED) is 0.301. The zero-order chi connectivity index (χ0) is 21.3. The van der Waals surface area contributed by atoms with Crippen molar-refractivity contribution in [2.75, 3.05) is 25.5 Å². The maximum Gasteiger partial charge on any atom is 0.308 e. The van der Waals surface area contributed by atoms with Gasteiger partial charge >= 0.3 is 4.87 Å². The fourth-order valence-corrected chi connectivity index (χ4v) is 4.49. The van der Waals surface area contributed by atoms with Crippen molar-refractivity contribution in [3.05, 3.63) is 57.2 Å². The Morgan fingerprint density at radius 3 is 2.50 bits per heavy atom. The molecule has 6 nitrogen and oxygen atoms in total. The van der Waals surface area contributed by atoms with Gasteiger partial charge in [-0.1, -0.05) is 42.4 Å². The normalized spacial score (nSPS) is 11.4. The highest BCUT2D eigenvalue weighted by Gasteiger charge is 2.14. The van der Waals surface area contributed by atoms with E-state index in [0.717, 1.165) is 79.0 Å². The van der Waals surface area contributed by atoms with E-state index in [1.165, 1.54) is 5.56 Å². The summed E-state index contributed by atoms with van der Waals surface area (Å²) in [6, 6.07) is 11.8. The summed E-state index contributed by atoms with van der Waals surface area (Å²) in [7, 11) is 0. The van der Waals surface area contributed by atoms with Crippen molar-refractivity contribution in [3.8, 4) is 5.75 Å². The fraction of sp³-hybridized carbons (Fsp3) is 0.435. The van der Waals surface area contributed by atoms with Crippen molar-refractivity contribution in [2.45, 2.75) is 45.1 Å². The highest BCUT2D eigenvalue weighted by Crippen LogP contribution is 2.31. The maximum atomic E-state index is 12.1. The molecule has 0 aliphatic carbocycles. The van der Waals surface area contributed by atoms with Gasteiger partial charge in [-0.2, -0.15) is 0 Å². The van der Waals surface area contributed by atoms with Gasteiger partial charge in [0.15, 0.2) is 0 Å². The number of nitrogens with zero attached hydrogens (tertiary/aromatic N) is 1. The van der Waals surface area contributed by atoms with E-state index in [-0.39, 0.29) is 10.6 Å². The van der Waals surface area contributed by atoms with Crippen molar-refractivity contribution >= 4 is 27.2 Å². The zero-order valence-electron chi connectivity index (χ0n) is 17.3. The second-order valence-electron chi connectivity index (χ2n) is 7.50. The SMILES string of the molecule is NCCn1c(=O)sc2ccc(CCCCCCOCCc3ccc(N)cc3)c(O)c21. The Hall–Kier alpha value is -2.35. The van der Waals surface area contributed by atoms with E-state index < -0.39 is 0 Å². The smallest absolute Gasteiger partial charge is 0.308 e. The number of ether oxygens (including phenoxy) is 1. The molecule has 1 aromatic heterocycles. The lowest BCUT2D eigenvalue weighted by Crippen LogP contribution is -2.18. The fourth-order valence-electron chi connectivity index (χ4n) is 3.57. The summed E-state index contributed by atoms with van der Waals surface area (Å²) in [5.41, 5.74) is 14.8. The van der Waals surface area contributed by atoms with Gasteiger partial charge in [0.2, 0.25) is 0 Å². The number of hydrogen-bond donors (Lipinski definition) is 3. The summed E-state index contributed by atoms with van der Waals surface area (Å²) in [6.45, 7) is 2.29. The second-order valence-corrected chi connectivity index (χ2v) is 8.49. The number of nitrogens with two attached hydrogens (primary N) is 2. The van der Waals surface area contributed by atoms with Crippen molar-refractivity contribution in [1.29, 1.82) is 0 Å². The first-order valence-electron chi connectivity index (χ1n) is 10.6. The highest BCUT2D eigenvalue weighted by molar-refractivity contribution is 7.16. The third kappa shape index (κ3) is 5.84. The lowest BCUT2D eigenvalue weighted by Gasteiger charge is -2.09. The predicted octanol–water partition coefficient (Wildman–Crippen LogP) is 3.67. The first-order valence-corrected chi connectivity index (χ1v) is 11.4. The van der Waals surface area contributed by atoms with Crippen LogP contribution in [0.5, 0.6) is 5.75 Å². The predicted molar refractivity (Wildman–Crippen MR) is 124 cm³/mol. The number of unbranched alkanes of at least 4 members (excludes halogenated alkanes) is 3. The van der Waals surface area contributed by atoms with E-state index in [2.05, 4.69) is 0 Å². The number of nitrogen functional groups attached to an aromatic ring is 1. The highest BCUT2D eigenvalue weighted by atomic mass is 32.1. The molecule has 1 heterocycles. The lowest BCUT2D eigenvalue weighted by atomic mass is 10.0. The third-order valence-corrected chi connectivity index (χ3v) is 6.18. The Morgan fingerprint density at radius 1 is 0.967 bits per heavy atom. The number of benzene rings is 2. The molecule has 0 aliphatic rings. The minimum Gasteiger partial charge on any atom is -0.505 e. The number of anilines is 1. The van der Waals surface area contributed by atoms with Crippen molar-refractivity contribution in [3.63, 3.8) is 0 Å². The summed E-state index contributed by atoms with van der Waals surface area (Å²) >= 11 is 1.15. The average molecular weight is 430 g/mol. The van der Waals surface area contributed by atoms with Crippen LogP contribution in [0.3, 0.4) is 0 Å². The van der Waals surface area contributed by atoms with Crippen LogP contribution in [0.1, 0.15) is 36.8 Å². The number of thiazole rings is 1. The number of aryl methyl sites for hydroxylation is 1. The molecular formula is C23H31N3O3S. The van der Waals surface area contributed by atoms with Crippen molar-refractivity contribution < 1.29 is 9.84 Å². The Labute approximate surface area is 181 Å². The van der Waals surface area contributed by atoms with Crippen molar-refractivity contribution in [2.24, 2.45) is 5.73 Å². The number of phenolic OH excluding ortho intramolecular Hbond substituents is 1. The summed E-state index contributed by atoms with van der Waals surface area (Å²) in [5.74, 6) is 0.227. The molecule has 30 heavy (non-hydrogen) atoms. The molecule has 0 aliphatic heterocycles. The van der Waals surface area contributed by atoms with Crippen LogP contribution in [0.25, 0.3) is 10.2 Å². The molecule has 0 saturated carbocycles. The first-order chi connectivity index (χ1) is 14.6. The number of phenols is 1. The van der Waals surface area contributed by atoms with Crippen LogP contribution in [-0.2, 0) is 24.1 Å². The summed E-state index contributed by atoms with van der Waals surface area (Å²) < 4.78 is 8.12. The van der Waals surface area contributed by atoms with Crippen LogP contribution in [0.4, 0.5) is 5.69 Å². The topological polar surface area (TPSA) is 104 Å². The number of aromatic nitrogens is 1. The monoisotopic (exact) mass is 429 g/mol. The van der Waals surface area contributed by atoms with Crippen molar-refractivity contribution in [1.82, 2.24) is 4.57 Å². The molecule has 0 saturated heterocycles. The number of rotatable bonds is 12. The molecule has 0 amide bonds. The third-order valence-electron chi connectivity index (χ3n) is 5.24. The number of fused-ring (bicyclic) bond motifs is 1. The van der Waals surface area contributed by atoms with Gasteiger partial charge in [0.1, 0.15) is 11.3 Å². The summed E-state index contributed by atoms with van der Waals surface area (Å²) in [5, 5.41) is 10.7.